The topological polar surface area (TPSA) is 59.8 Å². The summed E-state index contributed by atoms with van der Waals surface area (Å²) in [6, 6.07) is 17.9. The zero-order chi connectivity index (χ0) is 20.7. The summed E-state index contributed by atoms with van der Waals surface area (Å²) in [6.45, 7) is 4.88. The van der Waals surface area contributed by atoms with E-state index >= 15 is 0 Å². The Morgan fingerprint density at radius 1 is 1.10 bits per heavy atom. The van der Waals surface area contributed by atoms with Crippen LogP contribution in [-0.2, 0) is 4.79 Å². The Kier molecular flexibility index (Phi) is 5.11. The van der Waals surface area contributed by atoms with Gasteiger partial charge in [0.1, 0.15) is 6.33 Å². The number of nitrogens with one attached hydrogen (secondary N) is 1. The van der Waals surface area contributed by atoms with Crippen molar-refractivity contribution in [3.05, 3.63) is 77.1 Å². The van der Waals surface area contributed by atoms with Gasteiger partial charge in [0, 0.05) is 24.4 Å². The van der Waals surface area contributed by atoms with Gasteiger partial charge in [0.2, 0.25) is 5.91 Å². The van der Waals surface area contributed by atoms with E-state index in [0.717, 1.165) is 11.6 Å². The highest BCUT2D eigenvalue weighted by Gasteiger charge is 2.42. The van der Waals surface area contributed by atoms with Gasteiger partial charge in [-0.3, -0.25) is 4.79 Å². The van der Waals surface area contributed by atoms with Crippen LogP contribution in [0.3, 0.4) is 0 Å². The van der Waals surface area contributed by atoms with E-state index in [0.29, 0.717) is 30.1 Å². The largest absolute Gasteiger partial charge is 0.355 e. The molecular weight excluding hydrogens is 392 g/mol. The number of hydrogen-bond donors (Lipinski definition) is 1. The lowest BCUT2D eigenvalue weighted by atomic mass is 9.59. The van der Waals surface area contributed by atoms with Crippen LogP contribution < -0.4 is 5.32 Å². The molecule has 1 amide bonds. The molecule has 0 spiro atoms. The van der Waals surface area contributed by atoms with Gasteiger partial charge in [-0.1, -0.05) is 60.3 Å². The number of carbonyl (C=O) groups is 1. The lowest BCUT2D eigenvalue weighted by Gasteiger charge is -2.45. The van der Waals surface area contributed by atoms with Crippen LogP contribution in [0.1, 0.15) is 60.4 Å². The van der Waals surface area contributed by atoms with Crippen LogP contribution in [-0.4, -0.2) is 33.0 Å². The van der Waals surface area contributed by atoms with Gasteiger partial charge in [0.15, 0.2) is 5.16 Å². The molecule has 0 aliphatic heterocycles. The molecule has 6 rings (SSSR count). The van der Waals surface area contributed by atoms with Crippen LogP contribution in [0.15, 0.2) is 60.0 Å². The number of amides is 1. The predicted molar refractivity (Wildman–Crippen MR) is 119 cm³/mol. The Bertz CT molecular complexity index is 1030. The minimum Gasteiger partial charge on any atom is -0.355 e. The average Bonchev–Trinajstić information content (AvgIpc) is 3.25. The second-order valence-electron chi connectivity index (χ2n) is 8.49. The second-order valence-corrected chi connectivity index (χ2v) is 9.43. The highest BCUT2D eigenvalue weighted by atomic mass is 32.2. The number of thioether (sulfide) groups is 1. The second kappa shape index (κ2) is 7.91. The van der Waals surface area contributed by atoms with Crippen molar-refractivity contribution in [1.82, 2.24) is 20.1 Å². The van der Waals surface area contributed by atoms with Crippen molar-refractivity contribution < 1.29 is 4.79 Å². The maximum atomic E-state index is 12.6. The van der Waals surface area contributed by atoms with Crippen LogP contribution in [0.4, 0.5) is 0 Å². The van der Waals surface area contributed by atoms with Crippen LogP contribution in [0, 0.1) is 5.92 Å². The highest BCUT2D eigenvalue weighted by molar-refractivity contribution is 7.99. The SMILES string of the molecule is CC(C)n1cnnc1SCC(=O)NC[C@H]1CC2c3ccccc3C1c1ccccc12. The number of fused-ring (bicyclic) bond motifs is 1. The van der Waals surface area contributed by atoms with Gasteiger partial charge < -0.3 is 9.88 Å². The first-order chi connectivity index (χ1) is 14.6. The minimum absolute atomic E-state index is 0.0568. The summed E-state index contributed by atoms with van der Waals surface area (Å²) in [6.07, 6.45) is 2.81. The molecule has 1 N–H and O–H groups in total. The monoisotopic (exact) mass is 418 g/mol. The van der Waals surface area contributed by atoms with Crippen LogP contribution in [0.5, 0.6) is 0 Å². The molecule has 3 aliphatic carbocycles. The van der Waals surface area contributed by atoms with Gasteiger partial charge in [-0.05, 0) is 48.4 Å². The predicted octanol–water partition coefficient (Wildman–Crippen LogP) is 4.36. The van der Waals surface area contributed by atoms with Crippen molar-refractivity contribution in [1.29, 1.82) is 0 Å². The Morgan fingerprint density at radius 2 is 1.73 bits per heavy atom. The van der Waals surface area contributed by atoms with E-state index in [-0.39, 0.29) is 11.9 Å². The molecule has 6 heteroatoms. The summed E-state index contributed by atoms with van der Waals surface area (Å²) in [7, 11) is 0. The number of carbonyl (C=O) groups excluding carboxylic acids is 1. The van der Waals surface area contributed by atoms with E-state index < -0.39 is 0 Å². The first-order valence-electron chi connectivity index (χ1n) is 10.6. The van der Waals surface area contributed by atoms with Gasteiger partial charge in [-0.15, -0.1) is 10.2 Å². The van der Waals surface area contributed by atoms with Gasteiger partial charge in [0.25, 0.3) is 0 Å². The van der Waals surface area contributed by atoms with Gasteiger partial charge in [0.05, 0.1) is 5.75 Å². The van der Waals surface area contributed by atoms with E-state index in [1.54, 1.807) is 6.33 Å². The maximum absolute atomic E-state index is 12.6. The van der Waals surface area contributed by atoms with Crippen molar-refractivity contribution in [2.24, 2.45) is 5.92 Å². The molecule has 2 bridgehead atoms. The Morgan fingerprint density at radius 3 is 2.37 bits per heavy atom. The van der Waals surface area contributed by atoms with Crippen molar-refractivity contribution in [3.8, 4) is 0 Å². The molecule has 0 fully saturated rings. The Labute approximate surface area is 181 Å². The molecule has 30 heavy (non-hydrogen) atoms. The fourth-order valence-electron chi connectivity index (χ4n) is 5.08. The van der Waals surface area contributed by atoms with Crippen LogP contribution >= 0.6 is 11.8 Å². The maximum Gasteiger partial charge on any atom is 0.230 e. The number of rotatable bonds is 6. The molecule has 1 atom stereocenters. The van der Waals surface area contributed by atoms with Crippen LogP contribution in [0.2, 0.25) is 0 Å². The average molecular weight is 419 g/mol. The third kappa shape index (κ3) is 3.33. The van der Waals surface area contributed by atoms with Crippen molar-refractivity contribution in [2.45, 2.75) is 43.3 Å². The van der Waals surface area contributed by atoms with Crippen LogP contribution in [0.25, 0.3) is 0 Å². The molecule has 0 radical (unpaired) electrons. The molecule has 0 saturated carbocycles. The number of aromatic nitrogens is 3. The summed E-state index contributed by atoms with van der Waals surface area (Å²) in [4.78, 5) is 12.6. The third-order valence-corrected chi connectivity index (χ3v) is 7.37. The van der Waals surface area contributed by atoms with Gasteiger partial charge in [-0.25, -0.2) is 0 Å². The standard InChI is InChI=1S/C24H26N4OS/c1-15(2)28-14-26-27-24(28)30-13-22(29)25-12-16-11-21-17-7-3-5-9-19(17)23(16)20-10-6-4-8-18(20)21/h3-10,14-16,21,23H,11-13H2,1-2H3,(H,25,29)/t16-,21?,23?/m1/s1. The molecule has 1 heterocycles. The third-order valence-electron chi connectivity index (χ3n) is 6.41. The smallest absolute Gasteiger partial charge is 0.230 e. The summed E-state index contributed by atoms with van der Waals surface area (Å²) < 4.78 is 1.99. The van der Waals surface area contributed by atoms with E-state index in [4.69, 9.17) is 0 Å². The van der Waals surface area contributed by atoms with Crippen molar-refractivity contribution >= 4 is 17.7 Å². The van der Waals surface area contributed by atoms with E-state index in [9.17, 15) is 4.79 Å². The van der Waals surface area contributed by atoms with Gasteiger partial charge in [-0.2, -0.15) is 0 Å². The van der Waals surface area contributed by atoms with Crippen molar-refractivity contribution in [3.63, 3.8) is 0 Å². The lowest BCUT2D eigenvalue weighted by molar-refractivity contribution is -0.118. The van der Waals surface area contributed by atoms with Crippen molar-refractivity contribution in [2.75, 3.05) is 12.3 Å². The molecule has 0 unspecified atom stereocenters. The summed E-state index contributed by atoms with van der Waals surface area (Å²) in [5.74, 6) is 1.64. The quantitative estimate of drug-likeness (QED) is 0.604. The number of hydrogen-bond acceptors (Lipinski definition) is 4. The zero-order valence-corrected chi connectivity index (χ0v) is 18.1. The lowest BCUT2D eigenvalue weighted by Crippen LogP contribution is -2.39. The van der Waals surface area contributed by atoms with E-state index in [1.165, 1.54) is 34.0 Å². The molecule has 1 aromatic heterocycles. The molecule has 3 aromatic rings. The molecular formula is C24H26N4OS. The Balaban J connectivity index is 1.27. The summed E-state index contributed by atoms with van der Waals surface area (Å²) in [5, 5.41) is 12.1. The molecule has 5 nitrogen and oxygen atoms in total. The zero-order valence-electron chi connectivity index (χ0n) is 17.3. The number of nitrogens with zero attached hydrogens (tertiary/aromatic N) is 3. The molecule has 154 valence electrons. The summed E-state index contributed by atoms with van der Waals surface area (Å²) >= 11 is 1.45. The van der Waals surface area contributed by atoms with E-state index in [2.05, 4.69) is 77.9 Å². The fraction of sp³-hybridized carbons (Fsp3) is 0.375. The molecule has 3 aliphatic rings. The van der Waals surface area contributed by atoms with E-state index in [1.807, 2.05) is 4.57 Å². The molecule has 2 aromatic carbocycles. The first kappa shape index (κ1) is 19.4. The highest BCUT2D eigenvalue weighted by Crippen LogP contribution is 2.55. The Hall–Kier alpha value is -2.60. The minimum atomic E-state index is 0.0568. The fourth-order valence-corrected chi connectivity index (χ4v) is 5.95. The first-order valence-corrected chi connectivity index (χ1v) is 11.6. The normalized spacial score (nSPS) is 21.4. The van der Waals surface area contributed by atoms with Gasteiger partial charge >= 0.3 is 0 Å². The molecule has 0 saturated heterocycles. The number of benzene rings is 2. The summed E-state index contributed by atoms with van der Waals surface area (Å²) in [5.41, 5.74) is 5.80.